The average molecular weight is 374 g/mol. The number of pyridine rings is 1. The number of carbonyl (C=O) groups is 1. The first kappa shape index (κ1) is 18.4. The van der Waals surface area contributed by atoms with Crippen molar-refractivity contribution in [1.29, 1.82) is 0 Å². The fourth-order valence-corrected chi connectivity index (χ4v) is 4.83. The van der Waals surface area contributed by atoms with Crippen molar-refractivity contribution in [3.05, 3.63) is 54.2 Å². The van der Waals surface area contributed by atoms with Crippen molar-refractivity contribution in [3.8, 4) is 5.88 Å². The maximum Gasteiger partial charge on any atom is 0.224 e. The molecule has 1 saturated heterocycles. The predicted molar refractivity (Wildman–Crippen MR) is 99.9 cm³/mol. The number of hydrogen-bond donors (Lipinski definition) is 1. The van der Waals surface area contributed by atoms with Gasteiger partial charge in [-0.3, -0.25) is 4.79 Å². The third-order valence-corrected chi connectivity index (χ3v) is 6.14. The Morgan fingerprint density at radius 1 is 1.19 bits per heavy atom. The number of benzene rings is 1. The second kappa shape index (κ2) is 8.31. The first-order valence-corrected chi connectivity index (χ1v) is 10.5. The van der Waals surface area contributed by atoms with Gasteiger partial charge in [0.1, 0.15) is 0 Å². The quantitative estimate of drug-likeness (QED) is 0.805. The molecule has 1 fully saturated rings. The minimum atomic E-state index is -2.96. The molecule has 1 aromatic heterocycles. The molecule has 26 heavy (non-hydrogen) atoms. The molecule has 7 heteroatoms. The van der Waals surface area contributed by atoms with Crippen LogP contribution in [0.25, 0.3) is 0 Å². The summed E-state index contributed by atoms with van der Waals surface area (Å²) >= 11 is 0. The van der Waals surface area contributed by atoms with Gasteiger partial charge in [-0.1, -0.05) is 30.3 Å². The Bertz CT molecular complexity index is 836. The molecule has 0 radical (unpaired) electrons. The predicted octanol–water partition coefficient (Wildman–Crippen LogP) is 2.47. The van der Waals surface area contributed by atoms with Gasteiger partial charge in [-0.15, -0.1) is 0 Å². The van der Waals surface area contributed by atoms with Crippen LogP contribution in [0.3, 0.4) is 0 Å². The second-order valence-electron chi connectivity index (χ2n) is 6.49. The molecule has 3 rings (SSSR count). The number of hydrogen-bond acceptors (Lipinski definition) is 5. The van der Waals surface area contributed by atoms with Crippen molar-refractivity contribution in [3.63, 3.8) is 0 Å². The Morgan fingerprint density at radius 3 is 2.65 bits per heavy atom. The van der Waals surface area contributed by atoms with Crippen molar-refractivity contribution in [2.75, 3.05) is 23.4 Å². The largest absolute Gasteiger partial charge is 0.477 e. The first-order valence-electron chi connectivity index (χ1n) is 8.63. The molecule has 1 aliphatic heterocycles. The summed E-state index contributed by atoms with van der Waals surface area (Å²) in [6, 6.07) is 13.5. The lowest BCUT2D eigenvalue weighted by Gasteiger charge is -2.09. The summed E-state index contributed by atoms with van der Waals surface area (Å²) in [6.45, 7) is 0.527. The molecule has 1 N–H and O–H groups in total. The van der Waals surface area contributed by atoms with Crippen LogP contribution in [-0.4, -0.2) is 37.4 Å². The van der Waals surface area contributed by atoms with Crippen LogP contribution in [0.1, 0.15) is 18.4 Å². The van der Waals surface area contributed by atoms with E-state index in [1.807, 2.05) is 30.3 Å². The number of amides is 1. The minimum absolute atomic E-state index is 0.0893. The summed E-state index contributed by atoms with van der Waals surface area (Å²) in [4.78, 5) is 16.2. The first-order chi connectivity index (χ1) is 12.5. The fraction of sp³-hybridized carbons (Fsp3) is 0.368. The van der Waals surface area contributed by atoms with Gasteiger partial charge in [0.2, 0.25) is 11.8 Å². The molecule has 0 aliphatic carbocycles. The highest BCUT2D eigenvalue weighted by molar-refractivity contribution is 7.91. The van der Waals surface area contributed by atoms with Crippen LogP contribution < -0.4 is 10.1 Å². The highest BCUT2D eigenvalue weighted by Gasteiger charge is 2.29. The van der Waals surface area contributed by atoms with E-state index in [-0.39, 0.29) is 29.8 Å². The van der Waals surface area contributed by atoms with Gasteiger partial charge < -0.3 is 10.1 Å². The third kappa shape index (κ3) is 5.56. The topological polar surface area (TPSA) is 85.4 Å². The Labute approximate surface area is 153 Å². The van der Waals surface area contributed by atoms with E-state index in [4.69, 9.17) is 4.74 Å². The molecule has 0 saturated carbocycles. The number of nitrogens with zero attached hydrogens (tertiary/aromatic N) is 1. The van der Waals surface area contributed by atoms with E-state index in [2.05, 4.69) is 10.3 Å². The lowest BCUT2D eigenvalue weighted by atomic mass is 10.1. The van der Waals surface area contributed by atoms with Gasteiger partial charge in [-0.05, 0) is 24.0 Å². The van der Waals surface area contributed by atoms with Gasteiger partial charge in [-0.2, -0.15) is 0 Å². The lowest BCUT2D eigenvalue weighted by molar-refractivity contribution is -0.116. The maximum absolute atomic E-state index is 12.0. The summed E-state index contributed by atoms with van der Waals surface area (Å²) in [5.74, 6) is 0.509. The molecule has 2 aromatic rings. The number of ether oxygens (including phenoxy) is 1. The fourth-order valence-electron chi connectivity index (χ4n) is 2.96. The third-order valence-electron chi connectivity index (χ3n) is 4.30. The van der Waals surface area contributed by atoms with Gasteiger partial charge in [0.15, 0.2) is 9.84 Å². The summed E-state index contributed by atoms with van der Waals surface area (Å²) < 4.78 is 28.5. The summed E-state index contributed by atoms with van der Waals surface area (Å²) in [7, 11) is -2.96. The molecular formula is C19H22N2O4S. The van der Waals surface area contributed by atoms with Crippen LogP contribution in [0.15, 0.2) is 48.7 Å². The average Bonchev–Trinajstić information content (AvgIpc) is 2.96. The number of aromatic nitrogens is 1. The molecule has 1 amide bonds. The van der Waals surface area contributed by atoms with Gasteiger partial charge >= 0.3 is 0 Å². The van der Waals surface area contributed by atoms with Crippen LogP contribution in [0, 0.1) is 5.92 Å². The highest BCUT2D eigenvalue weighted by atomic mass is 32.2. The van der Waals surface area contributed by atoms with E-state index in [0.717, 1.165) is 6.42 Å². The van der Waals surface area contributed by atoms with E-state index < -0.39 is 9.84 Å². The summed E-state index contributed by atoms with van der Waals surface area (Å²) in [5, 5.41) is 2.75. The van der Waals surface area contributed by atoms with Crippen LogP contribution in [0.4, 0.5) is 5.69 Å². The van der Waals surface area contributed by atoms with Crippen LogP contribution in [0.5, 0.6) is 5.88 Å². The van der Waals surface area contributed by atoms with E-state index in [1.54, 1.807) is 18.3 Å². The Kier molecular flexibility index (Phi) is 5.88. The maximum atomic E-state index is 12.0. The van der Waals surface area contributed by atoms with Gasteiger partial charge in [0.05, 0.1) is 30.0 Å². The molecule has 0 bridgehead atoms. The molecule has 1 aliphatic rings. The van der Waals surface area contributed by atoms with E-state index in [1.165, 1.54) is 5.56 Å². The number of carbonyl (C=O) groups excluding carboxylic acids is 1. The molecular weight excluding hydrogens is 352 g/mol. The smallest absolute Gasteiger partial charge is 0.224 e. The van der Waals surface area contributed by atoms with Gasteiger partial charge in [-0.25, -0.2) is 13.4 Å². The SMILES string of the molecule is O=C(CC1CCS(=O)(=O)C1)Nc1ccc(OCCc2ccccc2)nc1. The van der Waals surface area contributed by atoms with Crippen molar-refractivity contribution < 1.29 is 17.9 Å². The minimum Gasteiger partial charge on any atom is -0.477 e. The Morgan fingerprint density at radius 2 is 2.00 bits per heavy atom. The Balaban J connectivity index is 1.43. The zero-order valence-corrected chi connectivity index (χ0v) is 15.2. The number of sulfone groups is 1. The number of nitrogens with one attached hydrogen (secondary N) is 1. The van der Waals surface area contributed by atoms with Gasteiger partial charge in [0.25, 0.3) is 0 Å². The zero-order valence-electron chi connectivity index (χ0n) is 14.4. The van der Waals surface area contributed by atoms with Gasteiger partial charge in [0, 0.05) is 18.9 Å². The highest BCUT2D eigenvalue weighted by Crippen LogP contribution is 2.22. The number of anilines is 1. The molecule has 1 aromatic carbocycles. The molecule has 6 nitrogen and oxygen atoms in total. The molecule has 1 atom stereocenters. The summed E-state index contributed by atoms with van der Waals surface area (Å²) in [6.07, 6.45) is 3.11. The monoisotopic (exact) mass is 374 g/mol. The van der Waals surface area contributed by atoms with E-state index >= 15 is 0 Å². The molecule has 1 unspecified atom stereocenters. The van der Waals surface area contributed by atoms with E-state index in [9.17, 15) is 13.2 Å². The summed E-state index contributed by atoms with van der Waals surface area (Å²) in [5.41, 5.74) is 1.77. The van der Waals surface area contributed by atoms with E-state index in [0.29, 0.717) is 24.6 Å². The number of rotatable bonds is 7. The van der Waals surface area contributed by atoms with Crippen LogP contribution in [-0.2, 0) is 21.1 Å². The van der Waals surface area contributed by atoms with Crippen LogP contribution >= 0.6 is 0 Å². The van der Waals surface area contributed by atoms with Crippen molar-refractivity contribution >= 4 is 21.4 Å². The standard InChI is InChI=1S/C19H22N2O4S/c22-18(12-16-9-11-26(23,24)14-16)21-17-6-7-19(20-13-17)25-10-8-15-4-2-1-3-5-15/h1-7,13,16H,8-12,14H2,(H,21,22). The zero-order chi connectivity index (χ0) is 18.4. The lowest BCUT2D eigenvalue weighted by Crippen LogP contribution is -2.17. The van der Waals surface area contributed by atoms with Crippen molar-refractivity contribution in [2.24, 2.45) is 5.92 Å². The van der Waals surface area contributed by atoms with Crippen molar-refractivity contribution in [1.82, 2.24) is 4.98 Å². The molecule has 138 valence electrons. The van der Waals surface area contributed by atoms with Crippen molar-refractivity contribution in [2.45, 2.75) is 19.3 Å². The molecule has 2 heterocycles. The molecule has 0 spiro atoms. The normalized spacial score (nSPS) is 18.4. The Hall–Kier alpha value is -2.41. The second-order valence-corrected chi connectivity index (χ2v) is 8.72. The van der Waals surface area contributed by atoms with Crippen LogP contribution in [0.2, 0.25) is 0 Å².